The van der Waals surface area contributed by atoms with Crippen molar-refractivity contribution in [3.8, 4) is 0 Å². The molecule has 1 amide bonds. The lowest BCUT2D eigenvalue weighted by molar-refractivity contribution is -0.122. The molecule has 5 heteroatoms. The van der Waals surface area contributed by atoms with Gasteiger partial charge >= 0.3 is 0 Å². The van der Waals surface area contributed by atoms with Gasteiger partial charge in [0.2, 0.25) is 5.91 Å². The number of rotatable bonds is 4. The third-order valence-corrected chi connectivity index (χ3v) is 3.33. The lowest BCUT2D eigenvalue weighted by Gasteiger charge is -2.13. The zero-order valence-corrected chi connectivity index (χ0v) is 10.1. The molecule has 3 aliphatic rings. The molecular formula is C13H16N2O3. The molecule has 1 fully saturated rings. The van der Waals surface area contributed by atoms with Gasteiger partial charge in [-0.15, -0.1) is 0 Å². The van der Waals surface area contributed by atoms with E-state index in [-0.39, 0.29) is 23.8 Å². The van der Waals surface area contributed by atoms with Gasteiger partial charge in [-0.25, -0.2) is 0 Å². The fourth-order valence-electron chi connectivity index (χ4n) is 2.14. The molecule has 0 aromatic carbocycles. The van der Waals surface area contributed by atoms with Gasteiger partial charge < -0.3 is 15.4 Å². The van der Waals surface area contributed by atoms with Crippen molar-refractivity contribution in [2.24, 2.45) is 5.92 Å². The summed E-state index contributed by atoms with van der Waals surface area (Å²) in [6, 6.07) is 0. The Labute approximate surface area is 105 Å². The van der Waals surface area contributed by atoms with Crippen LogP contribution < -0.4 is 10.6 Å². The lowest BCUT2D eigenvalue weighted by Crippen LogP contribution is -2.32. The first kappa shape index (κ1) is 11.3. The summed E-state index contributed by atoms with van der Waals surface area (Å²) < 4.78 is 5.64. The summed E-state index contributed by atoms with van der Waals surface area (Å²) in [5.74, 6) is 1.19. The monoisotopic (exact) mass is 248 g/mol. The molecule has 0 saturated heterocycles. The van der Waals surface area contributed by atoms with Crippen LogP contribution in [0.15, 0.2) is 23.6 Å². The first-order chi connectivity index (χ1) is 8.72. The number of carbonyl (C=O) groups excluding carboxylic acids is 2. The number of nitrogens with one attached hydrogen (secondary N) is 2. The molecule has 0 radical (unpaired) electrons. The summed E-state index contributed by atoms with van der Waals surface area (Å²) in [7, 11) is 0. The highest BCUT2D eigenvalue weighted by molar-refractivity contribution is 5.93. The third kappa shape index (κ3) is 2.39. The Kier molecular flexibility index (Phi) is 2.81. The number of amides is 1. The fraction of sp³-hybridized carbons (Fsp3) is 0.538. The van der Waals surface area contributed by atoms with Crippen molar-refractivity contribution in [2.45, 2.75) is 31.9 Å². The average Bonchev–Trinajstić information content (AvgIpc) is 3.11. The second kappa shape index (κ2) is 4.48. The van der Waals surface area contributed by atoms with E-state index in [9.17, 15) is 9.59 Å². The smallest absolute Gasteiger partial charge is 0.223 e. The molecule has 2 aliphatic carbocycles. The minimum Gasteiger partial charge on any atom is -0.472 e. The number of ketones is 1. The maximum Gasteiger partial charge on any atom is 0.223 e. The zero-order chi connectivity index (χ0) is 12.5. The van der Waals surface area contributed by atoms with Gasteiger partial charge in [-0.05, 0) is 25.0 Å². The van der Waals surface area contributed by atoms with Gasteiger partial charge in [0, 0.05) is 18.9 Å². The van der Waals surface area contributed by atoms with Crippen molar-refractivity contribution >= 4 is 11.7 Å². The molecule has 1 atom stereocenters. The Balaban J connectivity index is 1.42. The molecule has 18 heavy (non-hydrogen) atoms. The van der Waals surface area contributed by atoms with Crippen LogP contribution in [-0.2, 0) is 14.3 Å². The maximum atomic E-state index is 11.4. The van der Waals surface area contributed by atoms with E-state index in [4.69, 9.17) is 4.74 Å². The summed E-state index contributed by atoms with van der Waals surface area (Å²) in [6.07, 6.45) is 6.26. The molecule has 1 unspecified atom stereocenters. The van der Waals surface area contributed by atoms with Gasteiger partial charge in [-0.2, -0.15) is 0 Å². The first-order valence-electron chi connectivity index (χ1n) is 6.37. The SMILES string of the molecule is O=C1C=CC2=C(C1)OC(CCNC(=O)C1CC1)N2. The maximum absolute atomic E-state index is 11.4. The summed E-state index contributed by atoms with van der Waals surface area (Å²) >= 11 is 0. The van der Waals surface area contributed by atoms with Crippen molar-refractivity contribution in [1.29, 1.82) is 0 Å². The van der Waals surface area contributed by atoms with E-state index in [1.165, 1.54) is 0 Å². The van der Waals surface area contributed by atoms with Crippen LogP contribution in [-0.4, -0.2) is 24.5 Å². The average molecular weight is 248 g/mol. The molecule has 0 bridgehead atoms. The Hall–Kier alpha value is -1.78. The lowest BCUT2D eigenvalue weighted by atomic mass is 10.1. The van der Waals surface area contributed by atoms with Crippen LogP contribution in [0.25, 0.3) is 0 Å². The highest BCUT2D eigenvalue weighted by Crippen LogP contribution is 2.29. The van der Waals surface area contributed by atoms with Crippen molar-refractivity contribution in [2.75, 3.05) is 6.54 Å². The Morgan fingerprint density at radius 1 is 1.44 bits per heavy atom. The van der Waals surface area contributed by atoms with Crippen LogP contribution in [0.2, 0.25) is 0 Å². The number of hydrogen-bond donors (Lipinski definition) is 2. The van der Waals surface area contributed by atoms with E-state index in [2.05, 4.69) is 10.6 Å². The van der Waals surface area contributed by atoms with E-state index in [0.29, 0.717) is 19.4 Å². The van der Waals surface area contributed by atoms with Crippen LogP contribution in [0.3, 0.4) is 0 Å². The summed E-state index contributed by atoms with van der Waals surface area (Å²) in [4.78, 5) is 22.6. The van der Waals surface area contributed by atoms with E-state index in [1.807, 2.05) is 0 Å². The van der Waals surface area contributed by atoms with Crippen LogP contribution in [0, 0.1) is 5.92 Å². The van der Waals surface area contributed by atoms with Gasteiger partial charge in [0.1, 0.15) is 5.76 Å². The third-order valence-electron chi connectivity index (χ3n) is 3.33. The normalized spacial score (nSPS) is 25.6. The minimum absolute atomic E-state index is 0.0678. The van der Waals surface area contributed by atoms with Crippen molar-refractivity contribution in [3.05, 3.63) is 23.6 Å². The second-order valence-electron chi connectivity index (χ2n) is 4.92. The highest BCUT2D eigenvalue weighted by Gasteiger charge is 2.30. The molecule has 96 valence electrons. The van der Waals surface area contributed by atoms with Crippen LogP contribution in [0.4, 0.5) is 0 Å². The van der Waals surface area contributed by atoms with Gasteiger partial charge in [-0.1, -0.05) is 0 Å². The van der Waals surface area contributed by atoms with Crippen LogP contribution in [0.5, 0.6) is 0 Å². The molecule has 1 aliphatic heterocycles. The topological polar surface area (TPSA) is 67.4 Å². The van der Waals surface area contributed by atoms with E-state index >= 15 is 0 Å². The standard InChI is InChI=1S/C13H16N2O3/c16-9-3-4-10-11(7-9)18-12(15-10)5-6-14-13(17)8-1-2-8/h3-4,8,12,15H,1-2,5-7H2,(H,14,17). The van der Waals surface area contributed by atoms with E-state index in [1.54, 1.807) is 12.2 Å². The van der Waals surface area contributed by atoms with E-state index < -0.39 is 0 Å². The van der Waals surface area contributed by atoms with Crippen LogP contribution in [0.1, 0.15) is 25.7 Å². The van der Waals surface area contributed by atoms with Gasteiger partial charge in [0.15, 0.2) is 12.0 Å². The molecule has 5 nitrogen and oxygen atoms in total. The quantitative estimate of drug-likeness (QED) is 0.764. The van der Waals surface area contributed by atoms with Crippen molar-refractivity contribution in [1.82, 2.24) is 10.6 Å². The molecule has 0 aromatic rings. The van der Waals surface area contributed by atoms with Gasteiger partial charge in [0.25, 0.3) is 0 Å². The molecule has 0 spiro atoms. The second-order valence-corrected chi connectivity index (χ2v) is 4.92. The molecule has 1 heterocycles. The minimum atomic E-state index is -0.134. The summed E-state index contributed by atoms with van der Waals surface area (Å²) in [5, 5.41) is 6.10. The highest BCUT2D eigenvalue weighted by atomic mass is 16.5. The Bertz CT molecular complexity index is 449. The summed E-state index contributed by atoms with van der Waals surface area (Å²) in [5.41, 5.74) is 0.896. The number of allylic oxidation sites excluding steroid dienone is 3. The van der Waals surface area contributed by atoms with Gasteiger partial charge in [-0.3, -0.25) is 9.59 Å². The molecule has 2 N–H and O–H groups in total. The molecule has 3 rings (SSSR count). The van der Waals surface area contributed by atoms with Gasteiger partial charge in [0.05, 0.1) is 12.1 Å². The van der Waals surface area contributed by atoms with Crippen LogP contribution >= 0.6 is 0 Å². The van der Waals surface area contributed by atoms with Crippen molar-refractivity contribution < 1.29 is 14.3 Å². The number of hydrogen-bond acceptors (Lipinski definition) is 4. The summed E-state index contributed by atoms with van der Waals surface area (Å²) in [6.45, 7) is 0.602. The molecular weight excluding hydrogens is 232 g/mol. The number of carbonyl (C=O) groups is 2. The molecule has 0 aromatic heterocycles. The molecule has 1 saturated carbocycles. The van der Waals surface area contributed by atoms with Crippen molar-refractivity contribution in [3.63, 3.8) is 0 Å². The number of ether oxygens (including phenoxy) is 1. The van der Waals surface area contributed by atoms with E-state index in [0.717, 1.165) is 24.3 Å². The predicted molar refractivity (Wildman–Crippen MR) is 64.1 cm³/mol. The Morgan fingerprint density at radius 3 is 3.06 bits per heavy atom. The largest absolute Gasteiger partial charge is 0.472 e. The Morgan fingerprint density at radius 2 is 2.28 bits per heavy atom. The fourth-order valence-corrected chi connectivity index (χ4v) is 2.14. The zero-order valence-electron chi connectivity index (χ0n) is 10.1. The predicted octanol–water partition coefficient (Wildman–Crippen LogP) is 0.589. The first-order valence-corrected chi connectivity index (χ1v) is 6.37.